The highest BCUT2D eigenvalue weighted by Gasteiger charge is 2.19. The molecule has 0 bridgehead atoms. The van der Waals surface area contributed by atoms with E-state index in [-0.39, 0.29) is 11.9 Å². The van der Waals surface area contributed by atoms with E-state index >= 15 is 0 Å². The molecule has 0 saturated carbocycles. The summed E-state index contributed by atoms with van der Waals surface area (Å²) < 4.78 is 13.1. The van der Waals surface area contributed by atoms with Crippen molar-refractivity contribution in [1.82, 2.24) is 10.2 Å². The van der Waals surface area contributed by atoms with Crippen LogP contribution in [-0.2, 0) is 0 Å². The molecule has 100 valence electrons. The van der Waals surface area contributed by atoms with Crippen LogP contribution in [0.3, 0.4) is 0 Å². The van der Waals surface area contributed by atoms with Gasteiger partial charge in [-0.1, -0.05) is 18.6 Å². The van der Waals surface area contributed by atoms with E-state index in [2.05, 4.69) is 24.2 Å². The average Bonchev–Trinajstić information content (AvgIpc) is 2.37. The SMILES string of the molecule is C[C@H](NCC1CCCCN1C)c1cccc(F)c1. The summed E-state index contributed by atoms with van der Waals surface area (Å²) in [5.41, 5.74) is 1.02. The maximum atomic E-state index is 13.1. The molecule has 1 aromatic rings. The molecule has 0 radical (unpaired) electrons. The molecule has 0 spiro atoms. The summed E-state index contributed by atoms with van der Waals surface area (Å²) in [5, 5.41) is 3.52. The molecule has 1 unspecified atom stereocenters. The second-order valence-corrected chi connectivity index (χ2v) is 5.32. The molecule has 0 amide bonds. The van der Waals surface area contributed by atoms with Crippen molar-refractivity contribution in [1.29, 1.82) is 0 Å². The van der Waals surface area contributed by atoms with E-state index in [1.54, 1.807) is 12.1 Å². The molecule has 2 nitrogen and oxygen atoms in total. The third-order valence-corrected chi connectivity index (χ3v) is 3.93. The molecule has 1 heterocycles. The smallest absolute Gasteiger partial charge is 0.123 e. The van der Waals surface area contributed by atoms with E-state index in [0.717, 1.165) is 12.1 Å². The summed E-state index contributed by atoms with van der Waals surface area (Å²) in [7, 11) is 2.19. The van der Waals surface area contributed by atoms with E-state index in [1.807, 2.05) is 6.07 Å². The lowest BCUT2D eigenvalue weighted by Crippen LogP contribution is -2.43. The molecule has 1 aliphatic rings. The minimum Gasteiger partial charge on any atom is -0.309 e. The Morgan fingerprint density at radius 2 is 2.28 bits per heavy atom. The second-order valence-electron chi connectivity index (χ2n) is 5.32. The van der Waals surface area contributed by atoms with Crippen LogP contribution in [0.25, 0.3) is 0 Å². The fourth-order valence-electron chi connectivity index (χ4n) is 2.61. The fourth-order valence-corrected chi connectivity index (χ4v) is 2.61. The fraction of sp³-hybridized carbons (Fsp3) is 0.600. The standard InChI is InChI=1S/C15H23FN2/c1-12(13-6-5-7-14(16)10-13)17-11-15-8-3-4-9-18(15)2/h5-7,10,12,15,17H,3-4,8-9,11H2,1-2H3/t12-,15?/m0/s1. The van der Waals surface area contributed by atoms with Crippen molar-refractivity contribution in [2.75, 3.05) is 20.1 Å². The summed E-state index contributed by atoms with van der Waals surface area (Å²) in [6.07, 6.45) is 3.90. The van der Waals surface area contributed by atoms with Gasteiger partial charge in [0.25, 0.3) is 0 Å². The van der Waals surface area contributed by atoms with Crippen molar-refractivity contribution in [3.05, 3.63) is 35.6 Å². The molecule has 1 aliphatic heterocycles. The number of hydrogen-bond donors (Lipinski definition) is 1. The van der Waals surface area contributed by atoms with E-state index in [4.69, 9.17) is 0 Å². The van der Waals surface area contributed by atoms with Gasteiger partial charge in [-0.25, -0.2) is 4.39 Å². The van der Waals surface area contributed by atoms with Crippen LogP contribution in [0, 0.1) is 5.82 Å². The Bertz CT molecular complexity index is 381. The van der Waals surface area contributed by atoms with Gasteiger partial charge in [0.2, 0.25) is 0 Å². The molecule has 2 atom stereocenters. The lowest BCUT2D eigenvalue weighted by Gasteiger charge is -2.33. The molecule has 18 heavy (non-hydrogen) atoms. The minimum absolute atomic E-state index is 0.157. The molecule has 1 fully saturated rings. The summed E-state index contributed by atoms with van der Waals surface area (Å²) in [5.74, 6) is -0.157. The van der Waals surface area contributed by atoms with Crippen molar-refractivity contribution in [3.8, 4) is 0 Å². The topological polar surface area (TPSA) is 15.3 Å². The maximum Gasteiger partial charge on any atom is 0.123 e. The van der Waals surface area contributed by atoms with Gasteiger partial charge in [-0.2, -0.15) is 0 Å². The molecule has 1 N–H and O–H groups in total. The number of hydrogen-bond acceptors (Lipinski definition) is 2. The van der Waals surface area contributed by atoms with E-state index < -0.39 is 0 Å². The van der Waals surface area contributed by atoms with Gasteiger partial charge in [-0.3, -0.25) is 0 Å². The first kappa shape index (κ1) is 13.5. The Kier molecular flexibility index (Phi) is 4.72. The number of likely N-dealkylation sites (N-methyl/N-ethyl adjacent to an activating group) is 1. The van der Waals surface area contributed by atoms with Gasteiger partial charge in [0.1, 0.15) is 5.82 Å². The highest BCUT2D eigenvalue weighted by Crippen LogP contribution is 2.17. The predicted molar refractivity (Wildman–Crippen MR) is 73.1 cm³/mol. The van der Waals surface area contributed by atoms with Crippen LogP contribution in [0.1, 0.15) is 37.8 Å². The number of nitrogens with zero attached hydrogens (tertiary/aromatic N) is 1. The molecule has 1 saturated heterocycles. The van der Waals surface area contributed by atoms with Gasteiger partial charge in [-0.15, -0.1) is 0 Å². The van der Waals surface area contributed by atoms with Crippen molar-refractivity contribution in [3.63, 3.8) is 0 Å². The van der Waals surface area contributed by atoms with Crippen LogP contribution < -0.4 is 5.32 Å². The highest BCUT2D eigenvalue weighted by atomic mass is 19.1. The van der Waals surface area contributed by atoms with Crippen LogP contribution in [-0.4, -0.2) is 31.1 Å². The maximum absolute atomic E-state index is 13.1. The predicted octanol–water partition coefficient (Wildman–Crippen LogP) is 2.96. The average molecular weight is 250 g/mol. The normalized spacial score (nSPS) is 22.9. The van der Waals surface area contributed by atoms with Crippen molar-refractivity contribution in [2.24, 2.45) is 0 Å². The molecule has 3 heteroatoms. The molecular formula is C15H23FN2. The molecule has 0 aliphatic carbocycles. The van der Waals surface area contributed by atoms with Crippen LogP contribution in [0.2, 0.25) is 0 Å². The van der Waals surface area contributed by atoms with Gasteiger partial charge in [0, 0.05) is 18.6 Å². The number of rotatable bonds is 4. The zero-order valence-corrected chi connectivity index (χ0v) is 11.3. The van der Waals surface area contributed by atoms with E-state index in [1.165, 1.54) is 31.9 Å². The number of benzene rings is 1. The second kappa shape index (κ2) is 6.30. The van der Waals surface area contributed by atoms with Crippen LogP contribution in [0.4, 0.5) is 4.39 Å². The molecular weight excluding hydrogens is 227 g/mol. The zero-order valence-electron chi connectivity index (χ0n) is 11.3. The number of halogens is 1. The van der Waals surface area contributed by atoms with E-state index in [9.17, 15) is 4.39 Å². The van der Waals surface area contributed by atoms with Gasteiger partial charge in [0.05, 0.1) is 0 Å². The van der Waals surface area contributed by atoms with Gasteiger partial charge >= 0.3 is 0 Å². The Labute approximate surface area is 109 Å². The summed E-state index contributed by atoms with van der Waals surface area (Å²) in [6.45, 7) is 4.27. The third-order valence-electron chi connectivity index (χ3n) is 3.93. The first-order valence-electron chi connectivity index (χ1n) is 6.86. The molecule has 2 rings (SSSR count). The lowest BCUT2D eigenvalue weighted by molar-refractivity contribution is 0.178. The Morgan fingerprint density at radius 1 is 1.44 bits per heavy atom. The van der Waals surface area contributed by atoms with Crippen molar-refractivity contribution in [2.45, 2.75) is 38.3 Å². The zero-order chi connectivity index (χ0) is 13.0. The number of likely N-dealkylation sites (tertiary alicyclic amines) is 1. The van der Waals surface area contributed by atoms with Crippen molar-refractivity contribution >= 4 is 0 Å². The Morgan fingerprint density at radius 3 is 3.00 bits per heavy atom. The molecule has 0 aromatic heterocycles. The number of nitrogens with one attached hydrogen (secondary N) is 1. The quantitative estimate of drug-likeness (QED) is 0.884. The van der Waals surface area contributed by atoms with Crippen LogP contribution in [0.5, 0.6) is 0 Å². The highest BCUT2D eigenvalue weighted by molar-refractivity contribution is 5.19. The first-order chi connectivity index (χ1) is 8.66. The van der Waals surface area contributed by atoms with Gasteiger partial charge in [-0.05, 0) is 51.1 Å². The Hall–Kier alpha value is -0.930. The van der Waals surface area contributed by atoms with Crippen LogP contribution in [0.15, 0.2) is 24.3 Å². The third kappa shape index (κ3) is 3.53. The van der Waals surface area contributed by atoms with Gasteiger partial charge in [0.15, 0.2) is 0 Å². The first-order valence-corrected chi connectivity index (χ1v) is 6.86. The minimum atomic E-state index is -0.157. The number of piperidine rings is 1. The summed E-state index contributed by atoms with van der Waals surface area (Å²) >= 11 is 0. The summed E-state index contributed by atoms with van der Waals surface area (Å²) in [6, 6.07) is 7.68. The van der Waals surface area contributed by atoms with E-state index in [0.29, 0.717) is 6.04 Å². The lowest BCUT2D eigenvalue weighted by atomic mass is 10.0. The molecule has 1 aromatic carbocycles. The summed E-state index contributed by atoms with van der Waals surface area (Å²) in [4.78, 5) is 2.43. The monoisotopic (exact) mass is 250 g/mol. The van der Waals surface area contributed by atoms with Gasteiger partial charge < -0.3 is 10.2 Å². The largest absolute Gasteiger partial charge is 0.309 e. The van der Waals surface area contributed by atoms with Crippen molar-refractivity contribution < 1.29 is 4.39 Å². The van der Waals surface area contributed by atoms with Crippen LogP contribution >= 0.6 is 0 Å². The Balaban J connectivity index is 1.86.